The molecule has 0 N–H and O–H groups in total. The Morgan fingerprint density at radius 3 is 2.04 bits per heavy atom. The number of ether oxygens (including phenoxy) is 2. The largest absolute Gasteiger partial charge is 0.490 e. The number of rotatable bonds is 3. The first kappa shape index (κ1) is 35.1. The highest BCUT2D eigenvalue weighted by Gasteiger charge is 2.20. The van der Waals surface area contributed by atoms with Gasteiger partial charge in [0.05, 0.1) is 29.8 Å². The van der Waals surface area contributed by atoms with Gasteiger partial charge in [-0.2, -0.15) is 0 Å². The number of aryl methyl sites for hydroxylation is 2. The van der Waals surface area contributed by atoms with Gasteiger partial charge in [-0.15, -0.1) is 0 Å². The van der Waals surface area contributed by atoms with Gasteiger partial charge in [-0.3, -0.25) is 0 Å². The molecule has 2 aliphatic heterocycles. The lowest BCUT2D eigenvalue weighted by atomic mass is 9.81. The van der Waals surface area contributed by atoms with Gasteiger partial charge in [0, 0.05) is 62.2 Å². The molecule has 234 valence electrons. The van der Waals surface area contributed by atoms with Gasteiger partial charge in [0.15, 0.2) is 0 Å². The van der Waals surface area contributed by atoms with E-state index in [0.717, 1.165) is 77.3 Å². The molecular weight excluding hydrogens is 640 g/mol. The molecule has 6 aromatic rings. The van der Waals surface area contributed by atoms with Crippen molar-refractivity contribution in [3.05, 3.63) is 94.1 Å². The maximum Gasteiger partial charge on any atom is 0.223 e. The first-order valence-electron chi connectivity index (χ1n) is 14.4. The molecule has 0 spiro atoms. The van der Waals surface area contributed by atoms with Crippen molar-refractivity contribution in [2.75, 3.05) is 13.2 Å². The van der Waals surface area contributed by atoms with Crippen LogP contribution >= 0.6 is 34.8 Å². The Bertz CT molecular complexity index is 1930. The lowest BCUT2D eigenvalue weighted by Gasteiger charge is -2.16. The third kappa shape index (κ3) is 7.46. The molecule has 2 aliphatic rings. The first-order valence-corrected chi connectivity index (χ1v) is 15.6. The molecule has 0 bridgehead atoms. The minimum Gasteiger partial charge on any atom is -0.490 e. The molecule has 0 atom stereocenters. The standard InChI is InChI=1S/C16H14ClN3O.C10H9NO.C6H6Cl2N2.CH4.B2/c1-2-10-8-18-16(17)19-14(10)12-9-20-6-7-21-13-5-3-4-11(12)15(13)20;1-2-8-4-5-11-6-7-12-9(3-1)10(8)11;1-2-4-3-9-6(8)10-5(4)7;;1-2/h3-5,8-9H,2,6-7H2,1H3;1-5H,6-7H2;3H,2H2,1H3;1H4;. The molecule has 8 rings (SSSR count). The Hall–Kier alpha value is -3.72. The van der Waals surface area contributed by atoms with Crippen LogP contribution in [0.15, 0.2) is 67.3 Å². The third-order valence-electron chi connectivity index (χ3n) is 7.43. The van der Waals surface area contributed by atoms with Gasteiger partial charge in [-0.05, 0) is 59.8 Å². The van der Waals surface area contributed by atoms with E-state index < -0.39 is 0 Å². The van der Waals surface area contributed by atoms with Crippen LogP contribution in [0.25, 0.3) is 33.1 Å². The Morgan fingerprint density at radius 1 is 0.761 bits per heavy atom. The van der Waals surface area contributed by atoms with Crippen LogP contribution in [-0.2, 0) is 25.9 Å². The number of hydrogen-bond acceptors (Lipinski definition) is 6. The van der Waals surface area contributed by atoms with Gasteiger partial charge in [-0.25, -0.2) is 19.9 Å². The summed E-state index contributed by atoms with van der Waals surface area (Å²) < 4.78 is 15.8. The number of hydrogen-bond donors (Lipinski definition) is 0. The zero-order chi connectivity index (χ0) is 31.9. The van der Waals surface area contributed by atoms with Crippen molar-refractivity contribution in [1.29, 1.82) is 0 Å². The average Bonchev–Trinajstić information content (AvgIpc) is 3.67. The minimum atomic E-state index is 0. The van der Waals surface area contributed by atoms with Gasteiger partial charge in [0.2, 0.25) is 10.6 Å². The molecule has 4 radical (unpaired) electrons. The maximum absolute atomic E-state index is 6.01. The normalized spacial score (nSPS) is 12.2. The SMILES string of the molecule is C.CCc1cnc(Cl)nc1-c1cn2c3c(cccc13)OCC2.CCc1cnc(Cl)nc1Cl.[B][B].c1cc2c3c(c1)ccn3CCO2. The molecule has 0 saturated heterocycles. The van der Waals surface area contributed by atoms with Crippen LogP contribution in [0.3, 0.4) is 0 Å². The van der Waals surface area contributed by atoms with Crippen LogP contribution < -0.4 is 9.47 Å². The van der Waals surface area contributed by atoms with E-state index >= 15 is 0 Å². The molecule has 13 heteroatoms. The van der Waals surface area contributed by atoms with Crippen molar-refractivity contribution in [3.8, 4) is 22.8 Å². The third-order valence-corrected chi connectivity index (χ3v) is 8.12. The molecule has 2 aromatic carbocycles. The topological polar surface area (TPSA) is 79.9 Å². The van der Waals surface area contributed by atoms with Crippen molar-refractivity contribution in [3.63, 3.8) is 0 Å². The fourth-order valence-electron chi connectivity index (χ4n) is 5.32. The summed E-state index contributed by atoms with van der Waals surface area (Å²) in [6, 6.07) is 14.4. The fourth-order valence-corrected chi connectivity index (χ4v) is 5.90. The van der Waals surface area contributed by atoms with Crippen molar-refractivity contribution < 1.29 is 9.47 Å². The molecule has 4 aromatic heterocycles. The number of benzene rings is 2. The Morgan fingerprint density at radius 2 is 1.37 bits per heavy atom. The number of nitrogens with zero attached hydrogens (tertiary/aromatic N) is 6. The van der Waals surface area contributed by atoms with E-state index in [1.807, 2.05) is 37.4 Å². The molecule has 0 aliphatic carbocycles. The molecule has 0 unspecified atom stereocenters. The van der Waals surface area contributed by atoms with Crippen LogP contribution in [0.4, 0.5) is 0 Å². The van der Waals surface area contributed by atoms with E-state index in [1.54, 1.807) is 6.20 Å². The minimum absolute atomic E-state index is 0. The van der Waals surface area contributed by atoms with Crippen LogP contribution in [-0.4, -0.2) is 57.8 Å². The number of aromatic nitrogens is 6. The summed E-state index contributed by atoms with van der Waals surface area (Å²) in [6.07, 6.45) is 9.42. The summed E-state index contributed by atoms with van der Waals surface area (Å²) in [5.74, 6) is 1.95. The fraction of sp³-hybridized carbons (Fsp3) is 0.273. The summed E-state index contributed by atoms with van der Waals surface area (Å²) >= 11 is 17.2. The van der Waals surface area contributed by atoms with E-state index in [0.29, 0.717) is 11.8 Å². The number of para-hydroxylation sites is 2. The van der Waals surface area contributed by atoms with E-state index in [-0.39, 0.29) is 18.0 Å². The maximum atomic E-state index is 6.01. The van der Waals surface area contributed by atoms with Gasteiger partial charge in [0.1, 0.15) is 29.9 Å². The summed E-state index contributed by atoms with van der Waals surface area (Å²) in [7, 11) is 8.00. The lowest BCUT2D eigenvalue weighted by molar-refractivity contribution is 0.287. The van der Waals surface area contributed by atoms with E-state index in [9.17, 15) is 0 Å². The van der Waals surface area contributed by atoms with E-state index in [1.165, 1.54) is 10.9 Å². The zero-order valence-corrected chi connectivity index (χ0v) is 27.1. The van der Waals surface area contributed by atoms with Gasteiger partial charge in [0.25, 0.3) is 0 Å². The van der Waals surface area contributed by atoms with Gasteiger partial charge >= 0.3 is 0 Å². The van der Waals surface area contributed by atoms with Crippen molar-refractivity contribution in [2.45, 2.75) is 47.2 Å². The molecular formula is C33H33B2Cl3N6O2. The summed E-state index contributed by atoms with van der Waals surface area (Å²) in [5.41, 5.74) is 6.41. The summed E-state index contributed by atoms with van der Waals surface area (Å²) in [6.45, 7) is 7.40. The first-order chi connectivity index (χ1) is 22.0. The van der Waals surface area contributed by atoms with Crippen LogP contribution in [0, 0.1) is 0 Å². The summed E-state index contributed by atoms with van der Waals surface area (Å²) in [5, 5.41) is 3.35. The highest BCUT2D eigenvalue weighted by atomic mass is 35.5. The van der Waals surface area contributed by atoms with Crippen molar-refractivity contribution >= 4 is 72.1 Å². The van der Waals surface area contributed by atoms with Crippen molar-refractivity contribution in [1.82, 2.24) is 29.1 Å². The Labute approximate surface area is 286 Å². The van der Waals surface area contributed by atoms with Gasteiger partial charge in [-0.1, -0.05) is 57.1 Å². The molecule has 0 amide bonds. The van der Waals surface area contributed by atoms with Crippen LogP contribution in [0.1, 0.15) is 32.4 Å². The predicted octanol–water partition coefficient (Wildman–Crippen LogP) is 7.96. The molecule has 0 fully saturated rings. The second-order valence-corrected chi connectivity index (χ2v) is 11.0. The quantitative estimate of drug-likeness (QED) is 0.108. The zero-order valence-electron chi connectivity index (χ0n) is 24.9. The van der Waals surface area contributed by atoms with Gasteiger partial charge < -0.3 is 18.6 Å². The van der Waals surface area contributed by atoms with Crippen molar-refractivity contribution in [2.24, 2.45) is 0 Å². The second kappa shape index (κ2) is 16.2. The highest BCUT2D eigenvalue weighted by molar-refractivity contribution is 6.75. The Balaban J connectivity index is 0.000000164. The predicted molar refractivity (Wildman–Crippen MR) is 190 cm³/mol. The monoisotopic (exact) mass is 672 g/mol. The van der Waals surface area contributed by atoms with E-state index in [4.69, 9.17) is 44.3 Å². The van der Waals surface area contributed by atoms with E-state index in [2.05, 4.69) is 82.1 Å². The Kier molecular flexibility index (Phi) is 12.4. The van der Waals surface area contributed by atoms with Crippen LogP contribution in [0.2, 0.25) is 15.7 Å². The second-order valence-electron chi connectivity index (χ2n) is 9.96. The van der Waals surface area contributed by atoms with Crippen LogP contribution in [0.5, 0.6) is 11.5 Å². The number of halogens is 3. The molecule has 6 heterocycles. The lowest BCUT2D eigenvalue weighted by Crippen LogP contribution is -2.12. The molecule has 46 heavy (non-hydrogen) atoms. The molecule has 8 nitrogen and oxygen atoms in total. The highest BCUT2D eigenvalue weighted by Crippen LogP contribution is 2.38. The smallest absolute Gasteiger partial charge is 0.223 e. The summed E-state index contributed by atoms with van der Waals surface area (Å²) in [4.78, 5) is 16.1. The average molecular weight is 674 g/mol. The molecule has 0 saturated carbocycles.